The molecule has 3 rings (SSSR count). The summed E-state index contributed by atoms with van der Waals surface area (Å²) in [6, 6.07) is 13.5. The fraction of sp³-hybridized carbons (Fsp3) is 0.227. The van der Waals surface area contributed by atoms with E-state index in [0.29, 0.717) is 16.9 Å². The standard InChI is InChI=1S/C22H22FN3O3S/c1-14-7-8-16(12-19(14)23)21(27)24-9-10-25-22(28)18-5-3-4-6-20(18)30-13-17-11-15(2)26-29-17/h3-8,11-12H,9-10,13H2,1-2H3,(H,24,27)(H,25,28). The molecule has 0 aliphatic heterocycles. The lowest BCUT2D eigenvalue weighted by molar-refractivity contribution is 0.0926. The largest absolute Gasteiger partial charge is 0.360 e. The summed E-state index contributed by atoms with van der Waals surface area (Å²) in [5.74, 6) is 0.256. The maximum Gasteiger partial charge on any atom is 0.252 e. The van der Waals surface area contributed by atoms with Crippen molar-refractivity contribution in [2.75, 3.05) is 13.1 Å². The van der Waals surface area contributed by atoms with E-state index in [1.54, 1.807) is 31.2 Å². The molecule has 6 nitrogen and oxygen atoms in total. The fourth-order valence-electron chi connectivity index (χ4n) is 2.70. The number of hydrogen-bond acceptors (Lipinski definition) is 5. The first-order valence-electron chi connectivity index (χ1n) is 9.40. The number of thioether (sulfide) groups is 1. The van der Waals surface area contributed by atoms with Gasteiger partial charge in [-0.15, -0.1) is 11.8 Å². The van der Waals surface area contributed by atoms with Gasteiger partial charge >= 0.3 is 0 Å². The summed E-state index contributed by atoms with van der Waals surface area (Å²) < 4.78 is 18.8. The second kappa shape index (κ2) is 10.1. The van der Waals surface area contributed by atoms with E-state index in [-0.39, 0.29) is 30.5 Å². The molecule has 0 saturated carbocycles. The molecule has 0 aliphatic carbocycles. The first-order chi connectivity index (χ1) is 14.4. The third-order valence-electron chi connectivity index (χ3n) is 4.31. The summed E-state index contributed by atoms with van der Waals surface area (Å²) in [5.41, 5.74) is 2.08. The van der Waals surface area contributed by atoms with E-state index in [2.05, 4.69) is 15.8 Å². The Hall–Kier alpha value is -3.13. The maximum atomic E-state index is 13.6. The molecule has 0 saturated heterocycles. The summed E-state index contributed by atoms with van der Waals surface area (Å²) in [6.45, 7) is 3.97. The predicted molar refractivity (Wildman–Crippen MR) is 113 cm³/mol. The molecule has 0 aliphatic rings. The van der Waals surface area contributed by atoms with E-state index in [1.807, 2.05) is 25.1 Å². The number of carbonyl (C=O) groups excluding carboxylic acids is 2. The van der Waals surface area contributed by atoms with Gasteiger partial charge < -0.3 is 15.2 Å². The molecule has 2 N–H and O–H groups in total. The van der Waals surface area contributed by atoms with Crippen molar-refractivity contribution in [1.29, 1.82) is 0 Å². The van der Waals surface area contributed by atoms with Crippen LogP contribution in [0.25, 0.3) is 0 Å². The topological polar surface area (TPSA) is 84.2 Å². The van der Waals surface area contributed by atoms with E-state index in [9.17, 15) is 14.0 Å². The molecule has 0 radical (unpaired) electrons. The minimum Gasteiger partial charge on any atom is -0.360 e. The van der Waals surface area contributed by atoms with Crippen LogP contribution >= 0.6 is 11.8 Å². The number of amides is 2. The van der Waals surface area contributed by atoms with Gasteiger partial charge in [-0.05, 0) is 43.7 Å². The van der Waals surface area contributed by atoms with E-state index in [1.165, 1.54) is 17.8 Å². The third-order valence-corrected chi connectivity index (χ3v) is 5.40. The quantitative estimate of drug-likeness (QED) is 0.421. The van der Waals surface area contributed by atoms with Crippen LogP contribution in [0, 0.1) is 19.7 Å². The van der Waals surface area contributed by atoms with Crippen molar-refractivity contribution in [2.45, 2.75) is 24.5 Å². The number of nitrogens with one attached hydrogen (secondary N) is 2. The van der Waals surface area contributed by atoms with Crippen molar-refractivity contribution < 1.29 is 18.5 Å². The number of hydrogen-bond donors (Lipinski definition) is 2. The van der Waals surface area contributed by atoms with Gasteiger partial charge in [0.05, 0.1) is 17.0 Å². The molecule has 30 heavy (non-hydrogen) atoms. The van der Waals surface area contributed by atoms with Crippen LogP contribution in [0.3, 0.4) is 0 Å². The molecular formula is C22H22FN3O3S. The summed E-state index contributed by atoms with van der Waals surface area (Å²) in [4.78, 5) is 25.5. The Morgan fingerprint density at radius 3 is 2.47 bits per heavy atom. The van der Waals surface area contributed by atoms with Crippen LogP contribution in [0.15, 0.2) is 57.9 Å². The van der Waals surface area contributed by atoms with Crippen molar-refractivity contribution in [3.8, 4) is 0 Å². The number of rotatable bonds is 8. The Morgan fingerprint density at radius 2 is 1.77 bits per heavy atom. The highest BCUT2D eigenvalue weighted by atomic mass is 32.2. The molecule has 0 unspecified atom stereocenters. The van der Waals surface area contributed by atoms with Gasteiger partial charge in [0, 0.05) is 29.6 Å². The molecule has 0 fully saturated rings. The van der Waals surface area contributed by atoms with Crippen molar-refractivity contribution in [3.05, 3.63) is 82.5 Å². The van der Waals surface area contributed by atoms with Gasteiger partial charge in [-0.2, -0.15) is 0 Å². The smallest absolute Gasteiger partial charge is 0.252 e. The Balaban J connectivity index is 1.50. The Morgan fingerprint density at radius 1 is 1.03 bits per heavy atom. The Kier molecular flexibility index (Phi) is 7.24. The zero-order valence-corrected chi connectivity index (χ0v) is 17.5. The van der Waals surface area contributed by atoms with E-state index in [0.717, 1.165) is 16.3 Å². The molecule has 2 amide bonds. The molecule has 3 aromatic rings. The van der Waals surface area contributed by atoms with Gasteiger partial charge in [-0.25, -0.2) is 4.39 Å². The van der Waals surface area contributed by atoms with Crippen LogP contribution in [0.1, 0.15) is 37.7 Å². The van der Waals surface area contributed by atoms with E-state index < -0.39 is 5.82 Å². The van der Waals surface area contributed by atoms with Gasteiger partial charge in [0.2, 0.25) is 0 Å². The lowest BCUT2D eigenvalue weighted by Gasteiger charge is -2.10. The Labute approximate surface area is 178 Å². The average molecular weight is 428 g/mol. The van der Waals surface area contributed by atoms with E-state index >= 15 is 0 Å². The first-order valence-corrected chi connectivity index (χ1v) is 10.4. The second-order valence-corrected chi connectivity index (χ2v) is 7.71. The van der Waals surface area contributed by atoms with Crippen LogP contribution in [0.4, 0.5) is 4.39 Å². The van der Waals surface area contributed by atoms with E-state index in [4.69, 9.17) is 4.52 Å². The number of carbonyl (C=O) groups is 2. The van der Waals surface area contributed by atoms with Crippen LogP contribution < -0.4 is 10.6 Å². The van der Waals surface area contributed by atoms with Crippen LogP contribution in [-0.2, 0) is 5.75 Å². The zero-order chi connectivity index (χ0) is 21.5. The lowest BCUT2D eigenvalue weighted by atomic mass is 10.1. The third kappa shape index (κ3) is 5.70. The summed E-state index contributed by atoms with van der Waals surface area (Å²) in [7, 11) is 0. The minimum absolute atomic E-state index is 0.229. The normalized spacial score (nSPS) is 10.6. The lowest BCUT2D eigenvalue weighted by Crippen LogP contribution is -2.34. The monoisotopic (exact) mass is 427 g/mol. The summed E-state index contributed by atoms with van der Waals surface area (Å²) in [5, 5.41) is 9.32. The van der Waals surface area contributed by atoms with Crippen LogP contribution in [0.5, 0.6) is 0 Å². The zero-order valence-electron chi connectivity index (χ0n) is 16.7. The highest BCUT2D eigenvalue weighted by molar-refractivity contribution is 7.98. The van der Waals surface area contributed by atoms with Gasteiger partial charge in [-0.3, -0.25) is 9.59 Å². The van der Waals surface area contributed by atoms with Gasteiger partial charge in [-0.1, -0.05) is 23.4 Å². The van der Waals surface area contributed by atoms with Crippen molar-refractivity contribution >= 4 is 23.6 Å². The molecule has 1 aromatic heterocycles. The van der Waals surface area contributed by atoms with Crippen molar-refractivity contribution in [3.63, 3.8) is 0 Å². The molecule has 2 aromatic carbocycles. The first kappa shape index (κ1) is 21.6. The molecule has 8 heteroatoms. The summed E-state index contributed by atoms with van der Waals surface area (Å²) in [6.07, 6.45) is 0. The highest BCUT2D eigenvalue weighted by Crippen LogP contribution is 2.26. The minimum atomic E-state index is -0.425. The van der Waals surface area contributed by atoms with Gasteiger partial charge in [0.1, 0.15) is 11.6 Å². The second-order valence-electron chi connectivity index (χ2n) is 6.70. The molecule has 156 valence electrons. The molecular weight excluding hydrogens is 405 g/mol. The summed E-state index contributed by atoms with van der Waals surface area (Å²) >= 11 is 1.49. The average Bonchev–Trinajstić information content (AvgIpc) is 3.16. The number of aryl methyl sites for hydroxylation is 2. The predicted octanol–water partition coefficient (Wildman–Crippen LogP) is 3.88. The number of halogens is 1. The number of benzene rings is 2. The highest BCUT2D eigenvalue weighted by Gasteiger charge is 2.13. The Bertz CT molecular complexity index is 1050. The SMILES string of the molecule is Cc1cc(CSc2ccccc2C(=O)NCCNC(=O)c2ccc(C)c(F)c2)on1. The number of aromatic nitrogens is 1. The molecule has 1 heterocycles. The molecule has 0 atom stereocenters. The van der Waals surface area contributed by atoms with Gasteiger partial charge in [0.15, 0.2) is 0 Å². The molecule has 0 bridgehead atoms. The van der Waals surface area contributed by atoms with Crippen LogP contribution in [-0.4, -0.2) is 30.1 Å². The number of nitrogens with zero attached hydrogens (tertiary/aromatic N) is 1. The fourth-order valence-corrected chi connectivity index (χ4v) is 3.62. The molecule has 0 spiro atoms. The van der Waals surface area contributed by atoms with Crippen molar-refractivity contribution in [1.82, 2.24) is 15.8 Å². The maximum absolute atomic E-state index is 13.6. The van der Waals surface area contributed by atoms with Gasteiger partial charge in [0.25, 0.3) is 11.8 Å². The van der Waals surface area contributed by atoms with Crippen molar-refractivity contribution in [2.24, 2.45) is 0 Å². The van der Waals surface area contributed by atoms with Crippen LogP contribution in [0.2, 0.25) is 0 Å².